The molecule has 1 fully saturated rings. The van der Waals surface area contributed by atoms with Crippen LogP contribution in [0.1, 0.15) is 35.8 Å². The van der Waals surface area contributed by atoms with Crippen LogP contribution in [0, 0.1) is 12.3 Å². The molecule has 0 aromatic carbocycles. The molecule has 0 bridgehead atoms. The van der Waals surface area contributed by atoms with Crippen LogP contribution in [0.15, 0.2) is 16.9 Å². The lowest BCUT2D eigenvalue weighted by Crippen LogP contribution is -2.49. The highest BCUT2D eigenvalue weighted by Crippen LogP contribution is 2.30. The van der Waals surface area contributed by atoms with Crippen molar-refractivity contribution in [3.63, 3.8) is 0 Å². The van der Waals surface area contributed by atoms with Gasteiger partial charge in [0.1, 0.15) is 5.56 Å². The summed E-state index contributed by atoms with van der Waals surface area (Å²) in [6, 6.07) is 3.15. The number of likely N-dealkylation sites (tertiary alicyclic amines) is 1. The van der Waals surface area contributed by atoms with E-state index in [4.69, 9.17) is 0 Å². The van der Waals surface area contributed by atoms with E-state index in [2.05, 4.69) is 4.98 Å². The standard InChI is InChI=1S/C14H18N2O4/c1-9-4-5-10(11(17)15-9)12(18)16-7-3-6-14(2,8-16)13(19)20/h4-5H,3,6-8H2,1-2H3,(H,15,17)(H,19,20). The SMILES string of the molecule is Cc1ccc(C(=O)N2CCCC(C)(C(=O)O)C2)c(=O)[nH]1. The number of rotatable bonds is 2. The van der Waals surface area contributed by atoms with Gasteiger partial charge in [0.25, 0.3) is 11.5 Å². The van der Waals surface area contributed by atoms with Gasteiger partial charge in [0.15, 0.2) is 0 Å². The van der Waals surface area contributed by atoms with Crippen molar-refractivity contribution in [3.05, 3.63) is 33.7 Å². The normalized spacial score (nSPS) is 22.6. The number of amides is 1. The highest BCUT2D eigenvalue weighted by Gasteiger charge is 2.39. The molecule has 2 rings (SSSR count). The second-order valence-electron chi connectivity index (χ2n) is 5.58. The van der Waals surface area contributed by atoms with Crippen LogP contribution in [0.4, 0.5) is 0 Å². The van der Waals surface area contributed by atoms with Crippen LogP contribution in [-0.4, -0.2) is 40.0 Å². The van der Waals surface area contributed by atoms with Gasteiger partial charge in [-0.15, -0.1) is 0 Å². The molecule has 0 spiro atoms. The lowest BCUT2D eigenvalue weighted by molar-refractivity contribution is -0.150. The van der Waals surface area contributed by atoms with E-state index < -0.39 is 22.9 Å². The maximum Gasteiger partial charge on any atom is 0.311 e. The van der Waals surface area contributed by atoms with Crippen molar-refractivity contribution >= 4 is 11.9 Å². The molecule has 0 aliphatic carbocycles. The maximum absolute atomic E-state index is 12.4. The predicted molar refractivity (Wildman–Crippen MR) is 72.7 cm³/mol. The Morgan fingerprint density at radius 3 is 2.70 bits per heavy atom. The number of pyridine rings is 1. The molecule has 1 aliphatic heterocycles. The number of piperidine rings is 1. The number of nitrogens with zero attached hydrogens (tertiary/aromatic N) is 1. The van der Waals surface area contributed by atoms with Crippen LogP contribution < -0.4 is 5.56 Å². The molecular formula is C14H18N2O4. The number of aliphatic carboxylic acids is 1. The van der Waals surface area contributed by atoms with Crippen molar-refractivity contribution in [3.8, 4) is 0 Å². The van der Waals surface area contributed by atoms with Crippen LogP contribution in [0.5, 0.6) is 0 Å². The Hall–Kier alpha value is -2.11. The monoisotopic (exact) mass is 278 g/mol. The minimum atomic E-state index is -0.939. The third-order valence-electron chi connectivity index (χ3n) is 3.79. The molecule has 1 aliphatic rings. The van der Waals surface area contributed by atoms with Crippen molar-refractivity contribution in [2.75, 3.05) is 13.1 Å². The van der Waals surface area contributed by atoms with Crippen molar-refractivity contribution in [1.82, 2.24) is 9.88 Å². The number of carbonyl (C=O) groups excluding carboxylic acids is 1. The molecule has 108 valence electrons. The van der Waals surface area contributed by atoms with Gasteiger partial charge in [-0.05, 0) is 38.8 Å². The number of hydrogen-bond donors (Lipinski definition) is 2. The van der Waals surface area contributed by atoms with E-state index in [1.54, 1.807) is 19.9 Å². The highest BCUT2D eigenvalue weighted by molar-refractivity contribution is 5.94. The molecule has 1 amide bonds. The third kappa shape index (κ3) is 2.59. The Balaban J connectivity index is 2.25. The number of hydrogen-bond acceptors (Lipinski definition) is 3. The first-order chi connectivity index (χ1) is 9.33. The van der Waals surface area contributed by atoms with E-state index >= 15 is 0 Å². The van der Waals surface area contributed by atoms with Crippen molar-refractivity contribution in [2.45, 2.75) is 26.7 Å². The van der Waals surface area contributed by atoms with Gasteiger partial charge in [-0.2, -0.15) is 0 Å². The first-order valence-electron chi connectivity index (χ1n) is 6.56. The average Bonchev–Trinajstić information content (AvgIpc) is 2.38. The van der Waals surface area contributed by atoms with Crippen molar-refractivity contribution in [1.29, 1.82) is 0 Å². The first kappa shape index (κ1) is 14.3. The maximum atomic E-state index is 12.4. The van der Waals surface area contributed by atoms with Gasteiger partial charge < -0.3 is 15.0 Å². The third-order valence-corrected chi connectivity index (χ3v) is 3.79. The summed E-state index contributed by atoms with van der Waals surface area (Å²) in [5.41, 5.74) is -0.630. The quantitative estimate of drug-likeness (QED) is 0.844. The topological polar surface area (TPSA) is 90.5 Å². The summed E-state index contributed by atoms with van der Waals surface area (Å²) in [7, 11) is 0. The molecule has 1 aromatic heterocycles. The molecule has 2 N–H and O–H groups in total. The zero-order valence-corrected chi connectivity index (χ0v) is 11.6. The molecule has 20 heavy (non-hydrogen) atoms. The summed E-state index contributed by atoms with van der Waals surface area (Å²) >= 11 is 0. The molecule has 1 saturated heterocycles. The molecule has 6 nitrogen and oxygen atoms in total. The van der Waals surface area contributed by atoms with Gasteiger partial charge in [-0.1, -0.05) is 0 Å². The first-order valence-corrected chi connectivity index (χ1v) is 6.56. The zero-order valence-electron chi connectivity index (χ0n) is 11.6. The summed E-state index contributed by atoms with van der Waals surface area (Å²) < 4.78 is 0. The lowest BCUT2D eigenvalue weighted by Gasteiger charge is -2.37. The molecule has 1 unspecified atom stereocenters. The zero-order chi connectivity index (χ0) is 14.9. The van der Waals surface area contributed by atoms with Gasteiger partial charge in [-0.3, -0.25) is 14.4 Å². The van der Waals surface area contributed by atoms with Crippen LogP contribution >= 0.6 is 0 Å². The second kappa shape index (κ2) is 5.11. The van der Waals surface area contributed by atoms with E-state index in [1.807, 2.05) is 0 Å². The van der Waals surface area contributed by atoms with Crippen LogP contribution in [0.3, 0.4) is 0 Å². The van der Waals surface area contributed by atoms with Crippen molar-refractivity contribution in [2.24, 2.45) is 5.41 Å². The summed E-state index contributed by atoms with van der Waals surface area (Å²) in [6.45, 7) is 3.98. The van der Waals surface area contributed by atoms with Gasteiger partial charge >= 0.3 is 5.97 Å². The average molecular weight is 278 g/mol. The number of aryl methyl sites for hydroxylation is 1. The Morgan fingerprint density at radius 1 is 1.40 bits per heavy atom. The Kier molecular flexibility index (Phi) is 3.65. The predicted octanol–water partition coefficient (Wildman–Crippen LogP) is 1.01. The van der Waals surface area contributed by atoms with Gasteiger partial charge in [0.2, 0.25) is 0 Å². The molecule has 6 heteroatoms. The molecule has 1 atom stereocenters. The Bertz CT molecular complexity index is 607. The molecule has 1 aromatic rings. The Labute approximate surface area is 116 Å². The van der Waals surface area contributed by atoms with Gasteiger partial charge in [0.05, 0.1) is 5.41 Å². The van der Waals surface area contributed by atoms with Crippen molar-refractivity contribution < 1.29 is 14.7 Å². The molecular weight excluding hydrogens is 260 g/mol. The molecule has 0 saturated carbocycles. The largest absolute Gasteiger partial charge is 0.481 e. The Morgan fingerprint density at radius 2 is 2.10 bits per heavy atom. The number of carboxylic acid groups (broad SMARTS) is 1. The molecule has 2 heterocycles. The minimum absolute atomic E-state index is 0.0604. The minimum Gasteiger partial charge on any atom is -0.481 e. The number of carbonyl (C=O) groups is 2. The fourth-order valence-corrected chi connectivity index (χ4v) is 2.50. The summed E-state index contributed by atoms with van der Waals surface area (Å²) in [6.07, 6.45) is 1.16. The summed E-state index contributed by atoms with van der Waals surface area (Å²) in [5, 5.41) is 9.25. The smallest absolute Gasteiger partial charge is 0.311 e. The van der Waals surface area contributed by atoms with Crippen LogP contribution in [0.25, 0.3) is 0 Å². The second-order valence-corrected chi connectivity index (χ2v) is 5.58. The molecule has 0 radical (unpaired) electrons. The summed E-state index contributed by atoms with van der Waals surface area (Å²) in [5.74, 6) is -1.31. The van der Waals surface area contributed by atoms with E-state index in [0.29, 0.717) is 25.1 Å². The van der Waals surface area contributed by atoms with E-state index in [0.717, 1.165) is 0 Å². The van der Waals surface area contributed by atoms with Crippen LogP contribution in [0.2, 0.25) is 0 Å². The van der Waals surface area contributed by atoms with Crippen LogP contribution in [-0.2, 0) is 4.79 Å². The number of aromatic nitrogens is 1. The number of nitrogens with one attached hydrogen (secondary N) is 1. The van der Waals surface area contributed by atoms with E-state index in [-0.39, 0.29) is 12.1 Å². The lowest BCUT2D eigenvalue weighted by atomic mass is 9.82. The van der Waals surface area contributed by atoms with Gasteiger partial charge in [0, 0.05) is 18.8 Å². The fourth-order valence-electron chi connectivity index (χ4n) is 2.50. The van der Waals surface area contributed by atoms with Gasteiger partial charge in [-0.25, -0.2) is 0 Å². The fraction of sp³-hybridized carbons (Fsp3) is 0.500. The number of carboxylic acids is 1. The van der Waals surface area contributed by atoms with E-state index in [9.17, 15) is 19.5 Å². The number of H-pyrrole nitrogens is 1. The summed E-state index contributed by atoms with van der Waals surface area (Å²) in [4.78, 5) is 39.5. The number of aromatic amines is 1. The highest BCUT2D eigenvalue weighted by atomic mass is 16.4. The van der Waals surface area contributed by atoms with E-state index in [1.165, 1.54) is 11.0 Å².